The van der Waals surface area contributed by atoms with E-state index in [1.807, 2.05) is 6.42 Å². The molecule has 0 unspecified atom stereocenters. The average molecular weight is 472 g/mol. The number of hydrogen-bond acceptors (Lipinski definition) is 4. The average Bonchev–Trinajstić information content (AvgIpc) is 2.53. The van der Waals surface area contributed by atoms with Crippen LogP contribution in [-0.2, 0) is 11.3 Å². The highest BCUT2D eigenvalue weighted by atomic mass is 79.9. The van der Waals surface area contributed by atoms with Gasteiger partial charge in [0.1, 0.15) is 11.5 Å². The van der Waals surface area contributed by atoms with Crippen LogP contribution < -0.4 is 0 Å². The Balaban J connectivity index is 2.01. The third-order valence-electron chi connectivity index (χ3n) is 3.59. The molecule has 25 heavy (non-hydrogen) atoms. The van der Waals surface area contributed by atoms with Crippen molar-refractivity contribution >= 4 is 37.8 Å². The maximum atomic E-state index is 11.1. The topological polar surface area (TPSA) is 81.0 Å². The molecule has 0 saturated heterocycles. The largest absolute Gasteiger partial charge is 0.508 e. The first-order valence-corrected chi connectivity index (χ1v) is 9.17. The van der Waals surface area contributed by atoms with Gasteiger partial charge in [-0.15, -0.1) is 0 Å². The molecule has 0 saturated carbocycles. The second kappa shape index (κ2) is 9.22. The molecule has 2 aromatic carbocycles. The number of carboxylic acid groups (broad SMARTS) is 1. The molecule has 0 aromatic heterocycles. The van der Waals surface area contributed by atoms with Crippen molar-refractivity contribution < 1.29 is 20.1 Å². The lowest BCUT2D eigenvalue weighted by Crippen LogP contribution is -2.30. The van der Waals surface area contributed by atoms with Gasteiger partial charge >= 0.3 is 5.97 Å². The van der Waals surface area contributed by atoms with Crippen molar-refractivity contribution in [1.82, 2.24) is 4.90 Å². The van der Waals surface area contributed by atoms with Crippen molar-refractivity contribution in [2.24, 2.45) is 0 Å². The first kappa shape index (κ1) is 19.8. The normalized spacial score (nSPS) is 11.0. The van der Waals surface area contributed by atoms with E-state index in [-0.39, 0.29) is 18.0 Å². The van der Waals surface area contributed by atoms with E-state index in [0.29, 0.717) is 30.6 Å². The van der Waals surface area contributed by atoms with Crippen LogP contribution in [0.25, 0.3) is 0 Å². The van der Waals surface area contributed by atoms with Gasteiger partial charge < -0.3 is 15.3 Å². The fraction of sp³-hybridized carbons (Fsp3) is 0.222. The van der Waals surface area contributed by atoms with Crippen LogP contribution in [0.3, 0.4) is 0 Å². The molecule has 0 bridgehead atoms. The van der Waals surface area contributed by atoms with E-state index in [4.69, 9.17) is 5.11 Å². The molecule has 3 N–H and O–H groups in total. The molecule has 0 aliphatic heterocycles. The van der Waals surface area contributed by atoms with Crippen LogP contribution in [0.15, 0.2) is 45.3 Å². The van der Waals surface area contributed by atoms with Crippen molar-refractivity contribution in [3.63, 3.8) is 0 Å². The van der Waals surface area contributed by atoms with Crippen molar-refractivity contribution in [2.45, 2.75) is 13.0 Å². The van der Waals surface area contributed by atoms with Gasteiger partial charge in [-0.2, -0.15) is 0 Å². The predicted molar refractivity (Wildman–Crippen MR) is 103 cm³/mol. The Morgan fingerprint density at radius 3 is 2.36 bits per heavy atom. The summed E-state index contributed by atoms with van der Waals surface area (Å²) in [5, 5.41) is 28.9. The van der Waals surface area contributed by atoms with Crippen molar-refractivity contribution in [2.75, 3.05) is 13.1 Å². The summed E-state index contributed by atoms with van der Waals surface area (Å²) in [6, 6.07) is 10.2. The first-order chi connectivity index (χ1) is 11.8. The highest BCUT2D eigenvalue weighted by molar-refractivity contribution is 9.10. The molecule has 2 rings (SSSR count). The summed E-state index contributed by atoms with van der Waals surface area (Å²) in [5.41, 5.74) is 1.34. The molecule has 7 heteroatoms. The fourth-order valence-electron chi connectivity index (χ4n) is 2.42. The van der Waals surface area contributed by atoms with Crippen LogP contribution in [0.2, 0.25) is 0 Å². The molecule has 1 radical (unpaired) electrons. The maximum Gasteiger partial charge on any atom is 0.317 e. The number of nitrogens with zero attached hydrogens (tertiary/aromatic N) is 1. The lowest BCUT2D eigenvalue weighted by molar-refractivity contribution is -0.138. The summed E-state index contributed by atoms with van der Waals surface area (Å²) < 4.78 is 1.68. The minimum atomic E-state index is -0.931. The van der Waals surface area contributed by atoms with Gasteiger partial charge in [0.2, 0.25) is 0 Å². The summed E-state index contributed by atoms with van der Waals surface area (Å²) in [6.07, 6.45) is 2.42. The fourth-order valence-corrected chi connectivity index (χ4v) is 3.21. The number of carboxylic acids is 1. The van der Waals surface area contributed by atoms with Crippen molar-refractivity contribution in [3.05, 3.63) is 62.9 Å². The molecule has 0 amide bonds. The number of phenols is 2. The monoisotopic (exact) mass is 470 g/mol. The van der Waals surface area contributed by atoms with E-state index in [2.05, 4.69) is 31.9 Å². The Morgan fingerprint density at radius 1 is 1.04 bits per heavy atom. The Labute approximate surface area is 163 Å². The van der Waals surface area contributed by atoms with E-state index in [1.54, 1.807) is 41.3 Å². The summed E-state index contributed by atoms with van der Waals surface area (Å²) >= 11 is 6.71. The summed E-state index contributed by atoms with van der Waals surface area (Å²) in [5.74, 6) is -0.621. The molecule has 0 aliphatic rings. The highest BCUT2D eigenvalue weighted by Gasteiger charge is 2.13. The van der Waals surface area contributed by atoms with Gasteiger partial charge in [-0.3, -0.25) is 9.69 Å². The number of benzene rings is 2. The third kappa shape index (κ3) is 6.34. The molecular formula is C18H18Br2NO4. The molecule has 0 aliphatic carbocycles. The molecule has 0 heterocycles. The van der Waals surface area contributed by atoms with E-state index in [0.717, 1.165) is 8.95 Å². The molecule has 0 spiro atoms. The Kier molecular flexibility index (Phi) is 7.28. The number of aromatic hydroxyl groups is 2. The number of halogens is 2. The second-order valence-corrected chi connectivity index (χ2v) is 7.40. The van der Waals surface area contributed by atoms with Gasteiger partial charge in [-0.25, -0.2) is 0 Å². The molecule has 0 atom stereocenters. The third-order valence-corrected chi connectivity index (χ3v) is 4.58. The van der Waals surface area contributed by atoms with E-state index in [1.165, 1.54) is 0 Å². The van der Waals surface area contributed by atoms with Gasteiger partial charge in [0.15, 0.2) is 0 Å². The van der Waals surface area contributed by atoms with Crippen LogP contribution in [0, 0.1) is 6.42 Å². The minimum Gasteiger partial charge on any atom is -0.508 e. The lowest BCUT2D eigenvalue weighted by Gasteiger charge is -2.21. The number of aliphatic carboxylic acids is 1. The number of carbonyl (C=O) groups is 1. The SMILES string of the molecule is O=C(O)CN(CC[CH]c1cc(Br)ccc1O)Cc1cc(Br)ccc1O. The molecule has 5 nitrogen and oxygen atoms in total. The molecule has 133 valence electrons. The Hall–Kier alpha value is -1.57. The zero-order valence-corrected chi connectivity index (χ0v) is 16.5. The maximum absolute atomic E-state index is 11.1. The van der Waals surface area contributed by atoms with Gasteiger partial charge in [0.25, 0.3) is 0 Å². The minimum absolute atomic E-state index is 0.132. The number of hydrogen-bond donors (Lipinski definition) is 3. The van der Waals surface area contributed by atoms with Gasteiger partial charge in [0.05, 0.1) is 6.54 Å². The Bertz CT molecular complexity index is 752. The summed E-state index contributed by atoms with van der Waals surface area (Å²) in [6.45, 7) is 0.657. The standard InChI is InChI=1S/C18H18Br2NO4/c19-14-3-5-16(22)12(8-14)2-1-7-21(11-18(24)25)10-13-9-15(20)4-6-17(13)23/h2-6,8-9,22-23H,1,7,10-11H2,(H,24,25). The van der Waals surface area contributed by atoms with Gasteiger partial charge in [-0.1, -0.05) is 31.9 Å². The van der Waals surface area contributed by atoms with Crippen molar-refractivity contribution in [1.29, 1.82) is 0 Å². The smallest absolute Gasteiger partial charge is 0.317 e. The van der Waals surface area contributed by atoms with Crippen LogP contribution in [-0.4, -0.2) is 39.3 Å². The molecule has 2 aromatic rings. The van der Waals surface area contributed by atoms with Gasteiger partial charge in [-0.05, 0) is 61.3 Å². The van der Waals surface area contributed by atoms with Crippen LogP contribution in [0.5, 0.6) is 11.5 Å². The van der Waals surface area contributed by atoms with E-state index >= 15 is 0 Å². The number of phenolic OH excluding ortho intramolecular Hbond substituents is 2. The molecular weight excluding hydrogens is 454 g/mol. The quantitative estimate of drug-likeness (QED) is 0.538. The van der Waals surface area contributed by atoms with Crippen LogP contribution in [0.4, 0.5) is 0 Å². The van der Waals surface area contributed by atoms with Crippen LogP contribution >= 0.6 is 31.9 Å². The first-order valence-electron chi connectivity index (χ1n) is 7.58. The lowest BCUT2D eigenvalue weighted by atomic mass is 10.1. The Morgan fingerprint density at radius 2 is 1.68 bits per heavy atom. The second-order valence-electron chi connectivity index (χ2n) is 5.57. The summed E-state index contributed by atoms with van der Waals surface area (Å²) in [7, 11) is 0. The highest BCUT2D eigenvalue weighted by Crippen LogP contribution is 2.25. The zero-order valence-electron chi connectivity index (χ0n) is 13.3. The van der Waals surface area contributed by atoms with E-state index in [9.17, 15) is 15.0 Å². The van der Waals surface area contributed by atoms with Crippen molar-refractivity contribution in [3.8, 4) is 11.5 Å². The number of rotatable bonds is 8. The molecule has 0 fully saturated rings. The van der Waals surface area contributed by atoms with E-state index < -0.39 is 5.97 Å². The predicted octanol–water partition coefficient (Wildman–Crippen LogP) is 4.15. The zero-order chi connectivity index (χ0) is 18.4. The summed E-state index contributed by atoms with van der Waals surface area (Å²) in [4.78, 5) is 12.8. The van der Waals surface area contributed by atoms with Gasteiger partial charge in [0, 0.05) is 21.1 Å². The van der Waals surface area contributed by atoms with Crippen LogP contribution in [0.1, 0.15) is 17.5 Å².